The van der Waals surface area contributed by atoms with Gasteiger partial charge in [-0.3, -0.25) is 24.3 Å². The molecule has 1 aliphatic rings. The van der Waals surface area contributed by atoms with Gasteiger partial charge in [0.2, 0.25) is 5.91 Å². The topological polar surface area (TPSA) is 121 Å². The maximum absolute atomic E-state index is 13.4. The summed E-state index contributed by atoms with van der Waals surface area (Å²) >= 11 is 0. The van der Waals surface area contributed by atoms with Crippen LogP contribution in [0.15, 0.2) is 60.8 Å². The van der Waals surface area contributed by atoms with E-state index in [9.17, 15) is 14.4 Å². The summed E-state index contributed by atoms with van der Waals surface area (Å²) in [5.41, 5.74) is 9.28. The van der Waals surface area contributed by atoms with Gasteiger partial charge in [0.25, 0.3) is 11.8 Å². The van der Waals surface area contributed by atoms with Crippen molar-refractivity contribution in [3.05, 3.63) is 77.5 Å². The molecule has 3 N–H and O–H groups in total. The summed E-state index contributed by atoms with van der Waals surface area (Å²) in [5.74, 6) is -1.07. The van der Waals surface area contributed by atoms with Gasteiger partial charge < -0.3 is 25.6 Å². The number of amides is 3. The Morgan fingerprint density at radius 2 is 1.71 bits per heavy atom. The molecule has 1 saturated heterocycles. The summed E-state index contributed by atoms with van der Waals surface area (Å²) in [6.45, 7) is 10.2. The Morgan fingerprint density at radius 3 is 2.41 bits per heavy atom. The third-order valence-corrected chi connectivity index (χ3v) is 7.27. The molecule has 41 heavy (non-hydrogen) atoms. The SMILES string of the molecule is CCN(CC)c1ccc(NC(=O)c2cccc(C(=O)N(C)CCN3CCOCC3)c2)c(-c2cc(C(N)=O)ccn2)c1. The average molecular weight is 559 g/mol. The number of hydrogen-bond acceptors (Lipinski definition) is 7. The number of ether oxygens (including phenoxy) is 1. The van der Waals surface area contributed by atoms with E-state index in [2.05, 4.69) is 33.9 Å². The zero-order valence-corrected chi connectivity index (χ0v) is 23.9. The molecule has 10 nitrogen and oxygen atoms in total. The van der Waals surface area contributed by atoms with Crippen molar-refractivity contribution in [3.8, 4) is 11.3 Å². The molecule has 0 saturated carbocycles. The summed E-state index contributed by atoms with van der Waals surface area (Å²) in [6, 6.07) is 15.6. The highest BCUT2D eigenvalue weighted by Gasteiger charge is 2.19. The van der Waals surface area contributed by atoms with E-state index in [1.54, 1.807) is 48.3 Å². The lowest BCUT2D eigenvalue weighted by atomic mass is 10.0. The monoisotopic (exact) mass is 558 g/mol. The minimum Gasteiger partial charge on any atom is -0.379 e. The van der Waals surface area contributed by atoms with Gasteiger partial charge in [-0.1, -0.05) is 6.07 Å². The number of nitrogens with zero attached hydrogens (tertiary/aromatic N) is 4. The molecular formula is C31H38N6O4. The van der Waals surface area contributed by atoms with Crippen LogP contribution in [-0.2, 0) is 4.74 Å². The first-order chi connectivity index (χ1) is 19.8. The molecule has 216 valence electrons. The van der Waals surface area contributed by atoms with Gasteiger partial charge in [0, 0.05) is 80.5 Å². The van der Waals surface area contributed by atoms with Crippen molar-refractivity contribution in [2.75, 3.05) is 69.7 Å². The highest BCUT2D eigenvalue weighted by Crippen LogP contribution is 2.32. The van der Waals surface area contributed by atoms with E-state index < -0.39 is 5.91 Å². The zero-order valence-electron chi connectivity index (χ0n) is 23.9. The van der Waals surface area contributed by atoms with Crippen LogP contribution >= 0.6 is 0 Å². The number of primary amides is 1. The van der Waals surface area contributed by atoms with Gasteiger partial charge >= 0.3 is 0 Å². The first kappa shape index (κ1) is 29.7. The molecule has 0 radical (unpaired) electrons. The second kappa shape index (κ2) is 13.9. The number of rotatable bonds is 11. The molecule has 4 rings (SSSR count). The first-order valence-electron chi connectivity index (χ1n) is 13.9. The van der Waals surface area contributed by atoms with E-state index in [0.717, 1.165) is 38.4 Å². The molecule has 3 aromatic rings. The maximum Gasteiger partial charge on any atom is 0.255 e. The van der Waals surface area contributed by atoms with E-state index >= 15 is 0 Å². The fourth-order valence-electron chi connectivity index (χ4n) is 4.80. The van der Waals surface area contributed by atoms with Crippen molar-refractivity contribution < 1.29 is 19.1 Å². The standard InChI is InChI=1S/C31H38N6O4/c1-4-37(5-2)25-9-10-27(26(21-25)28-20-22(29(32)38)11-12-33-28)34-30(39)23-7-6-8-24(19-23)31(40)35(3)13-14-36-15-17-41-18-16-36/h6-12,19-21H,4-5,13-18H2,1-3H3,(H2,32,38)(H,34,39). The van der Waals surface area contributed by atoms with Gasteiger partial charge in [0.1, 0.15) is 0 Å². The van der Waals surface area contributed by atoms with Crippen molar-refractivity contribution >= 4 is 29.1 Å². The van der Waals surface area contributed by atoms with Crippen molar-refractivity contribution in [2.45, 2.75) is 13.8 Å². The van der Waals surface area contributed by atoms with Crippen LogP contribution < -0.4 is 16.0 Å². The fourth-order valence-corrected chi connectivity index (χ4v) is 4.80. The third kappa shape index (κ3) is 7.47. The number of aromatic nitrogens is 1. The lowest BCUT2D eigenvalue weighted by Gasteiger charge is -2.28. The van der Waals surface area contributed by atoms with Gasteiger partial charge in [0.05, 0.1) is 24.6 Å². The van der Waals surface area contributed by atoms with E-state index in [1.807, 2.05) is 18.2 Å². The predicted molar refractivity (Wildman–Crippen MR) is 160 cm³/mol. The van der Waals surface area contributed by atoms with Crippen molar-refractivity contribution in [2.24, 2.45) is 5.73 Å². The summed E-state index contributed by atoms with van der Waals surface area (Å²) in [6.07, 6.45) is 1.52. The summed E-state index contributed by atoms with van der Waals surface area (Å²) in [5, 5.41) is 2.98. The lowest BCUT2D eigenvalue weighted by molar-refractivity contribution is 0.0338. The minimum atomic E-state index is -0.560. The second-order valence-electron chi connectivity index (χ2n) is 9.91. The molecule has 0 atom stereocenters. The van der Waals surface area contributed by atoms with Gasteiger partial charge in [-0.25, -0.2) is 0 Å². The average Bonchev–Trinajstić information content (AvgIpc) is 3.01. The highest BCUT2D eigenvalue weighted by atomic mass is 16.5. The van der Waals surface area contributed by atoms with Gasteiger partial charge in [-0.05, 0) is 62.4 Å². The number of carbonyl (C=O) groups is 3. The molecule has 1 aromatic heterocycles. The Hall–Kier alpha value is -4.28. The molecule has 10 heteroatoms. The van der Waals surface area contributed by atoms with Crippen molar-refractivity contribution in [1.29, 1.82) is 0 Å². The zero-order chi connectivity index (χ0) is 29.4. The molecule has 0 aliphatic carbocycles. The Labute approximate surface area is 241 Å². The van der Waals surface area contributed by atoms with E-state index in [4.69, 9.17) is 10.5 Å². The summed E-state index contributed by atoms with van der Waals surface area (Å²) in [4.78, 5) is 49.0. The molecule has 1 fully saturated rings. The van der Waals surface area contributed by atoms with E-state index in [0.29, 0.717) is 53.4 Å². The maximum atomic E-state index is 13.4. The molecule has 0 bridgehead atoms. The fraction of sp³-hybridized carbons (Fsp3) is 0.355. The lowest BCUT2D eigenvalue weighted by Crippen LogP contribution is -2.41. The smallest absolute Gasteiger partial charge is 0.255 e. The van der Waals surface area contributed by atoms with Gasteiger partial charge in [-0.2, -0.15) is 0 Å². The summed E-state index contributed by atoms with van der Waals surface area (Å²) < 4.78 is 5.39. The quantitative estimate of drug-likeness (QED) is 0.370. The van der Waals surface area contributed by atoms with Crippen LogP contribution in [0.1, 0.15) is 44.9 Å². The van der Waals surface area contributed by atoms with Crippen molar-refractivity contribution in [3.63, 3.8) is 0 Å². The second-order valence-corrected chi connectivity index (χ2v) is 9.91. The van der Waals surface area contributed by atoms with E-state index in [1.165, 1.54) is 6.20 Å². The molecule has 0 unspecified atom stereocenters. The number of carbonyl (C=O) groups excluding carboxylic acids is 3. The van der Waals surface area contributed by atoms with E-state index in [-0.39, 0.29) is 11.8 Å². The Balaban J connectivity index is 1.56. The summed E-state index contributed by atoms with van der Waals surface area (Å²) in [7, 11) is 1.77. The number of anilines is 2. The molecule has 2 aromatic carbocycles. The van der Waals surface area contributed by atoms with Crippen molar-refractivity contribution in [1.82, 2.24) is 14.8 Å². The number of hydrogen-bond donors (Lipinski definition) is 2. The third-order valence-electron chi connectivity index (χ3n) is 7.27. The van der Waals surface area contributed by atoms with Crippen LogP contribution in [0, 0.1) is 0 Å². The van der Waals surface area contributed by atoms with Crippen LogP contribution in [0.4, 0.5) is 11.4 Å². The highest BCUT2D eigenvalue weighted by molar-refractivity contribution is 6.08. The largest absolute Gasteiger partial charge is 0.379 e. The van der Waals surface area contributed by atoms with Crippen LogP contribution in [0.3, 0.4) is 0 Å². The molecule has 1 aliphatic heterocycles. The van der Waals surface area contributed by atoms with Crippen LogP contribution in [0.25, 0.3) is 11.3 Å². The van der Waals surface area contributed by atoms with Gasteiger partial charge in [0.15, 0.2) is 0 Å². The predicted octanol–water partition coefficient (Wildman–Crippen LogP) is 3.35. The Bertz CT molecular complexity index is 1380. The number of pyridine rings is 1. The number of likely N-dealkylation sites (N-methyl/N-ethyl adjacent to an activating group) is 1. The van der Waals surface area contributed by atoms with Crippen LogP contribution in [0.5, 0.6) is 0 Å². The molecule has 0 spiro atoms. The minimum absolute atomic E-state index is 0.148. The van der Waals surface area contributed by atoms with Crippen LogP contribution in [-0.4, -0.2) is 92.0 Å². The molecule has 2 heterocycles. The van der Waals surface area contributed by atoms with Crippen LogP contribution in [0.2, 0.25) is 0 Å². The molecule has 3 amide bonds. The first-order valence-corrected chi connectivity index (χ1v) is 13.9. The number of morpholine rings is 1. The Kier molecular flexibility index (Phi) is 10.0. The number of nitrogens with two attached hydrogens (primary N) is 1. The number of benzene rings is 2. The number of nitrogens with one attached hydrogen (secondary N) is 1. The normalized spacial score (nSPS) is 13.4. The Morgan fingerprint density at radius 1 is 0.976 bits per heavy atom. The van der Waals surface area contributed by atoms with Gasteiger partial charge in [-0.15, -0.1) is 0 Å². The molecular weight excluding hydrogens is 520 g/mol.